The third-order valence-electron chi connectivity index (χ3n) is 5.52. The van der Waals surface area contributed by atoms with E-state index >= 15 is 0 Å². The van der Waals surface area contributed by atoms with Crippen LogP contribution in [0.2, 0.25) is 0 Å². The van der Waals surface area contributed by atoms with E-state index in [0.717, 1.165) is 0 Å². The summed E-state index contributed by atoms with van der Waals surface area (Å²) >= 11 is 0. The Hall–Kier alpha value is -2.87. The van der Waals surface area contributed by atoms with Gasteiger partial charge in [-0.05, 0) is 58.6 Å². The van der Waals surface area contributed by atoms with Crippen molar-refractivity contribution in [1.29, 1.82) is 0 Å². The molecule has 8 heteroatoms. The first kappa shape index (κ1) is 21.8. The van der Waals surface area contributed by atoms with Crippen LogP contribution in [0.3, 0.4) is 0 Å². The zero-order valence-electron chi connectivity index (χ0n) is 17.6. The van der Waals surface area contributed by atoms with Crippen LogP contribution in [0.25, 0.3) is 10.9 Å². The summed E-state index contributed by atoms with van der Waals surface area (Å²) < 4.78 is 5.98. The van der Waals surface area contributed by atoms with Crippen LogP contribution in [0.4, 0.5) is 5.69 Å². The Balaban J connectivity index is 1.76. The van der Waals surface area contributed by atoms with Gasteiger partial charge in [0.15, 0.2) is 0 Å². The summed E-state index contributed by atoms with van der Waals surface area (Å²) in [6.45, 7) is 5.50. The van der Waals surface area contributed by atoms with Crippen LogP contribution < -0.4 is 15.8 Å². The van der Waals surface area contributed by atoms with Gasteiger partial charge in [-0.3, -0.25) is 9.78 Å². The summed E-state index contributed by atoms with van der Waals surface area (Å²) in [7, 11) is 0. The molecule has 0 saturated heterocycles. The Bertz CT molecular complexity index is 965. The van der Waals surface area contributed by atoms with Crippen LogP contribution in [0.5, 0.6) is 5.75 Å². The van der Waals surface area contributed by atoms with Crippen molar-refractivity contribution in [3.63, 3.8) is 0 Å². The number of pyridine rings is 1. The van der Waals surface area contributed by atoms with Crippen molar-refractivity contribution in [2.75, 3.05) is 12.3 Å². The van der Waals surface area contributed by atoms with Crippen LogP contribution >= 0.6 is 0 Å². The van der Waals surface area contributed by atoms with E-state index in [1.165, 1.54) is 0 Å². The second-order valence-electron chi connectivity index (χ2n) is 8.61. The van der Waals surface area contributed by atoms with Gasteiger partial charge in [-0.2, -0.15) is 0 Å². The lowest BCUT2D eigenvalue weighted by atomic mass is 9.86. The molecule has 0 radical (unpaired) electrons. The maximum atomic E-state index is 12.6. The van der Waals surface area contributed by atoms with Gasteiger partial charge in [0.05, 0.1) is 33.9 Å². The molecule has 1 aliphatic carbocycles. The van der Waals surface area contributed by atoms with Gasteiger partial charge in [0.25, 0.3) is 0 Å². The van der Waals surface area contributed by atoms with Crippen molar-refractivity contribution in [2.45, 2.75) is 58.1 Å². The van der Waals surface area contributed by atoms with E-state index in [4.69, 9.17) is 10.5 Å². The summed E-state index contributed by atoms with van der Waals surface area (Å²) in [6.07, 6.45) is 2.32. The minimum absolute atomic E-state index is 0.0365. The second kappa shape index (κ2) is 8.47. The average Bonchev–Trinajstić information content (AvgIpc) is 2.66. The highest BCUT2D eigenvalue weighted by atomic mass is 16.5. The van der Waals surface area contributed by atoms with Crippen molar-refractivity contribution in [3.05, 3.63) is 29.5 Å². The number of rotatable bonds is 6. The zero-order valence-corrected chi connectivity index (χ0v) is 17.6. The fourth-order valence-corrected chi connectivity index (χ4v) is 3.90. The number of fused-ring (bicyclic) bond motifs is 1. The number of aliphatic hydroxyl groups excluding tert-OH is 1. The molecule has 0 spiro atoms. The minimum Gasteiger partial charge on any atom is -0.490 e. The Morgan fingerprint density at radius 2 is 1.93 bits per heavy atom. The Kier molecular flexibility index (Phi) is 6.17. The number of hydrogen-bond donors (Lipinski definition) is 4. The van der Waals surface area contributed by atoms with E-state index in [9.17, 15) is 19.8 Å². The number of amides is 1. The lowest BCUT2D eigenvalue weighted by molar-refractivity contribution is -0.128. The number of nitrogens with two attached hydrogens (primary N) is 1. The first-order valence-electron chi connectivity index (χ1n) is 10.1. The highest BCUT2D eigenvalue weighted by Crippen LogP contribution is 2.34. The first-order chi connectivity index (χ1) is 14.1. The molecule has 0 aliphatic heterocycles. The van der Waals surface area contributed by atoms with Crippen LogP contribution in [0, 0.1) is 12.8 Å². The van der Waals surface area contributed by atoms with Gasteiger partial charge < -0.3 is 26.0 Å². The van der Waals surface area contributed by atoms with Crippen LogP contribution in [0.1, 0.15) is 55.6 Å². The molecular formula is C22H29N3O5. The van der Waals surface area contributed by atoms with E-state index in [1.807, 2.05) is 13.8 Å². The van der Waals surface area contributed by atoms with E-state index in [0.29, 0.717) is 48.0 Å². The fraction of sp³-hybridized carbons (Fsp3) is 0.500. The number of carboxylic acid groups (broad SMARTS) is 1. The van der Waals surface area contributed by atoms with Crippen molar-refractivity contribution in [3.8, 4) is 5.75 Å². The van der Waals surface area contributed by atoms with Gasteiger partial charge in [-0.15, -0.1) is 0 Å². The van der Waals surface area contributed by atoms with Crippen LogP contribution in [-0.2, 0) is 4.79 Å². The highest BCUT2D eigenvalue weighted by molar-refractivity contribution is 6.06. The number of ether oxygens (including phenoxy) is 1. The first-order valence-corrected chi connectivity index (χ1v) is 10.1. The summed E-state index contributed by atoms with van der Waals surface area (Å²) in [6, 6.07) is 5.23. The van der Waals surface area contributed by atoms with Crippen molar-refractivity contribution in [1.82, 2.24) is 10.3 Å². The molecule has 1 amide bonds. The topological polar surface area (TPSA) is 135 Å². The molecule has 5 N–H and O–H groups in total. The van der Waals surface area contributed by atoms with Crippen molar-refractivity contribution in [2.24, 2.45) is 5.92 Å². The SMILES string of the molecule is Cc1nc2cccc(OCC(C)(C)NC(=O)[C@H]3CC[C@H](O)CC3)c2c(N)c1C(=O)O. The predicted molar refractivity (Wildman–Crippen MR) is 114 cm³/mol. The predicted octanol–water partition coefficient (Wildman–Crippen LogP) is 2.65. The maximum Gasteiger partial charge on any atom is 0.339 e. The summed E-state index contributed by atoms with van der Waals surface area (Å²) in [5, 5.41) is 22.6. The zero-order chi connectivity index (χ0) is 22.1. The molecule has 1 aromatic heterocycles. The number of hydrogen-bond acceptors (Lipinski definition) is 6. The molecule has 1 aromatic carbocycles. The molecule has 30 heavy (non-hydrogen) atoms. The van der Waals surface area contributed by atoms with E-state index in [1.54, 1.807) is 25.1 Å². The summed E-state index contributed by atoms with van der Waals surface area (Å²) in [5.41, 5.74) is 6.48. The molecule has 162 valence electrons. The molecule has 0 atom stereocenters. The fourth-order valence-electron chi connectivity index (χ4n) is 3.90. The largest absolute Gasteiger partial charge is 0.490 e. The number of nitrogens with zero attached hydrogens (tertiary/aromatic N) is 1. The number of aromatic nitrogens is 1. The number of carbonyl (C=O) groups is 2. The van der Waals surface area contributed by atoms with Crippen molar-refractivity contribution >= 4 is 28.5 Å². The minimum atomic E-state index is -1.14. The van der Waals surface area contributed by atoms with E-state index in [-0.39, 0.29) is 35.8 Å². The number of nitrogen functional groups attached to an aromatic ring is 1. The molecule has 0 bridgehead atoms. The van der Waals surface area contributed by atoms with Crippen LogP contribution in [0.15, 0.2) is 18.2 Å². The maximum absolute atomic E-state index is 12.6. The standard InChI is InChI=1S/C22H29N3O5/c1-12-17(21(28)29)19(23)18-15(24-12)5-4-6-16(18)30-11-22(2,3)25-20(27)13-7-9-14(26)10-8-13/h4-6,13-14,26H,7-11H2,1-3H3,(H2,23,24)(H,25,27)(H,28,29)/t13-,14-. The second-order valence-corrected chi connectivity index (χ2v) is 8.61. The number of nitrogens with one attached hydrogen (secondary N) is 1. The molecule has 0 unspecified atom stereocenters. The van der Waals surface area contributed by atoms with Gasteiger partial charge in [0, 0.05) is 5.92 Å². The van der Waals surface area contributed by atoms with Gasteiger partial charge in [-0.25, -0.2) is 4.79 Å². The lowest BCUT2D eigenvalue weighted by Crippen LogP contribution is -2.50. The van der Waals surface area contributed by atoms with E-state index < -0.39 is 11.5 Å². The average molecular weight is 415 g/mol. The van der Waals surface area contributed by atoms with Gasteiger partial charge in [-0.1, -0.05) is 6.07 Å². The van der Waals surface area contributed by atoms with E-state index in [2.05, 4.69) is 10.3 Å². The van der Waals surface area contributed by atoms with Gasteiger partial charge in [0.1, 0.15) is 17.9 Å². The third kappa shape index (κ3) is 4.64. The number of anilines is 1. The molecule has 2 aromatic rings. The Morgan fingerprint density at radius 3 is 2.57 bits per heavy atom. The number of carbonyl (C=O) groups excluding carboxylic acids is 1. The van der Waals surface area contributed by atoms with Crippen LogP contribution in [-0.4, -0.2) is 45.3 Å². The molecule has 1 saturated carbocycles. The van der Waals surface area contributed by atoms with Gasteiger partial charge in [0.2, 0.25) is 5.91 Å². The molecule has 1 heterocycles. The molecule has 1 aliphatic rings. The normalized spacial score (nSPS) is 19.5. The molecule has 8 nitrogen and oxygen atoms in total. The highest BCUT2D eigenvalue weighted by Gasteiger charge is 2.30. The van der Waals surface area contributed by atoms with Gasteiger partial charge >= 0.3 is 5.97 Å². The van der Waals surface area contributed by atoms with Crippen molar-refractivity contribution < 1.29 is 24.5 Å². The number of carboxylic acids is 1. The summed E-state index contributed by atoms with van der Waals surface area (Å²) in [4.78, 5) is 28.5. The molecule has 1 fully saturated rings. The lowest BCUT2D eigenvalue weighted by Gasteiger charge is -2.31. The number of benzene rings is 1. The summed E-state index contributed by atoms with van der Waals surface area (Å²) in [5.74, 6) is -0.868. The third-order valence-corrected chi connectivity index (χ3v) is 5.52. The number of aryl methyl sites for hydroxylation is 1. The number of aliphatic hydroxyl groups is 1. The monoisotopic (exact) mass is 415 g/mol. The molecule has 3 rings (SSSR count). The smallest absolute Gasteiger partial charge is 0.339 e. The molecular weight excluding hydrogens is 386 g/mol. The quantitative estimate of drug-likeness (QED) is 0.569. The Labute approximate surface area is 175 Å². The Morgan fingerprint density at radius 1 is 1.27 bits per heavy atom. The number of aromatic carboxylic acids is 1.